The molecule has 1 saturated heterocycles. The van der Waals surface area contributed by atoms with Gasteiger partial charge in [-0.3, -0.25) is 4.79 Å². The molecule has 106 valence electrons. The maximum atomic E-state index is 12.5. The second-order valence-electron chi connectivity index (χ2n) is 5.82. The van der Waals surface area contributed by atoms with Crippen LogP contribution < -0.4 is 0 Å². The maximum Gasteiger partial charge on any atom is 0.225 e. The Balaban J connectivity index is 1.90. The molecule has 0 aromatic rings. The molecule has 2 fully saturated rings. The van der Waals surface area contributed by atoms with Crippen LogP contribution in [-0.2, 0) is 4.79 Å². The lowest BCUT2D eigenvalue weighted by molar-refractivity contribution is -0.137. The van der Waals surface area contributed by atoms with E-state index in [-0.39, 0.29) is 10.7 Å². The van der Waals surface area contributed by atoms with E-state index in [4.69, 9.17) is 0 Å². The Bertz CT molecular complexity index is 348. The first kappa shape index (κ1) is 14.7. The van der Waals surface area contributed by atoms with Gasteiger partial charge in [0, 0.05) is 19.0 Å². The Labute approximate surface area is 120 Å². The molecule has 0 radical (unpaired) electrons. The van der Waals surface area contributed by atoms with Crippen LogP contribution in [0, 0.1) is 17.2 Å². The van der Waals surface area contributed by atoms with E-state index >= 15 is 0 Å². The van der Waals surface area contributed by atoms with Crippen LogP contribution in [0.15, 0.2) is 0 Å². The van der Waals surface area contributed by atoms with Crippen molar-refractivity contribution in [3.8, 4) is 6.07 Å². The predicted octanol–water partition coefficient (Wildman–Crippen LogP) is 3.20. The Hall–Kier alpha value is -0.690. The minimum atomic E-state index is -0.250. The highest BCUT2D eigenvalue weighted by atomic mass is 32.2. The zero-order valence-corrected chi connectivity index (χ0v) is 12.7. The number of nitrogens with zero attached hydrogens (tertiary/aromatic N) is 2. The molecule has 4 heteroatoms. The number of thioether (sulfide) groups is 1. The number of hydrogen-bond acceptors (Lipinski definition) is 3. The number of likely N-dealkylation sites (tertiary alicyclic amines) is 1. The molecule has 0 spiro atoms. The molecule has 0 aromatic carbocycles. The van der Waals surface area contributed by atoms with Gasteiger partial charge >= 0.3 is 0 Å². The zero-order chi connectivity index (χ0) is 13.7. The highest BCUT2D eigenvalue weighted by Gasteiger charge is 2.36. The van der Waals surface area contributed by atoms with Crippen molar-refractivity contribution >= 4 is 17.7 Å². The fourth-order valence-electron chi connectivity index (χ4n) is 3.23. The summed E-state index contributed by atoms with van der Waals surface area (Å²) in [7, 11) is 0. The highest BCUT2D eigenvalue weighted by Crippen LogP contribution is 2.35. The van der Waals surface area contributed by atoms with E-state index in [1.807, 2.05) is 11.2 Å². The molecule has 2 aliphatic rings. The van der Waals surface area contributed by atoms with Crippen LogP contribution in [0.25, 0.3) is 0 Å². The lowest BCUT2D eigenvalue weighted by Crippen LogP contribution is -2.46. The summed E-state index contributed by atoms with van der Waals surface area (Å²) < 4.78 is -0.250. The van der Waals surface area contributed by atoms with Crippen LogP contribution in [0.1, 0.15) is 51.4 Å². The van der Waals surface area contributed by atoms with Crippen molar-refractivity contribution in [3.05, 3.63) is 0 Å². The lowest BCUT2D eigenvalue weighted by atomic mass is 9.93. The van der Waals surface area contributed by atoms with Gasteiger partial charge in [0.15, 0.2) is 0 Å². The summed E-state index contributed by atoms with van der Waals surface area (Å²) >= 11 is 1.65. The van der Waals surface area contributed by atoms with Gasteiger partial charge in [-0.1, -0.05) is 25.7 Å². The summed E-state index contributed by atoms with van der Waals surface area (Å²) in [5, 5.41) is 9.28. The average molecular weight is 280 g/mol. The topological polar surface area (TPSA) is 44.1 Å². The molecule has 0 unspecified atom stereocenters. The van der Waals surface area contributed by atoms with E-state index in [2.05, 4.69) is 6.07 Å². The highest BCUT2D eigenvalue weighted by molar-refractivity contribution is 8.00. The summed E-state index contributed by atoms with van der Waals surface area (Å²) in [5.41, 5.74) is 0. The molecular weight excluding hydrogens is 256 g/mol. The minimum Gasteiger partial charge on any atom is -0.342 e. The van der Waals surface area contributed by atoms with Gasteiger partial charge in [0.1, 0.15) is 4.75 Å². The fraction of sp³-hybridized carbons (Fsp3) is 0.867. The molecule has 0 bridgehead atoms. The monoisotopic (exact) mass is 280 g/mol. The van der Waals surface area contributed by atoms with Crippen LogP contribution in [-0.4, -0.2) is 34.9 Å². The Kier molecular flexibility index (Phi) is 5.15. The minimum absolute atomic E-state index is 0.250. The second-order valence-corrected chi connectivity index (χ2v) is 7.01. The van der Waals surface area contributed by atoms with Gasteiger partial charge in [-0.15, -0.1) is 11.8 Å². The average Bonchev–Trinajstić information content (AvgIpc) is 2.76. The molecule has 3 nitrogen and oxygen atoms in total. The molecule has 1 heterocycles. The van der Waals surface area contributed by atoms with Gasteiger partial charge in [-0.05, 0) is 31.9 Å². The molecule has 0 aromatic heterocycles. The van der Waals surface area contributed by atoms with Gasteiger partial charge in [0.25, 0.3) is 0 Å². The van der Waals surface area contributed by atoms with Crippen LogP contribution in [0.2, 0.25) is 0 Å². The van der Waals surface area contributed by atoms with Crippen LogP contribution in [0.5, 0.6) is 0 Å². The van der Waals surface area contributed by atoms with Crippen molar-refractivity contribution < 1.29 is 4.79 Å². The second kappa shape index (κ2) is 6.65. The molecular formula is C15H24N2OS. The number of carbonyl (C=O) groups is 1. The number of amides is 1. The predicted molar refractivity (Wildman–Crippen MR) is 78.9 cm³/mol. The van der Waals surface area contributed by atoms with Gasteiger partial charge in [0.2, 0.25) is 5.91 Å². The van der Waals surface area contributed by atoms with Gasteiger partial charge < -0.3 is 4.90 Å². The summed E-state index contributed by atoms with van der Waals surface area (Å²) in [6.45, 7) is 1.54. The standard InChI is InChI=1S/C15H24N2OS/c1-19-15(12-16)8-10-17(11-9-15)14(18)13-6-4-2-3-5-7-13/h13H,2-11H2,1H3. The van der Waals surface area contributed by atoms with Crippen molar-refractivity contribution in [2.45, 2.75) is 56.1 Å². The Morgan fingerprint density at radius 1 is 1.21 bits per heavy atom. The molecule has 19 heavy (non-hydrogen) atoms. The summed E-state index contributed by atoms with van der Waals surface area (Å²) in [6.07, 6.45) is 10.8. The van der Waals surface area contributed by atoms with E-state index in [9.17, 15) is 10.1 Å². The van der Waals surface area contributed by atoms with Crippen LogP contribution in [0.4, 0.5) is 0 Å². The fourth-order valence-corrected chi connectivity index (χ4v) is 3.92. The molecule has 0 atom stereocenters. The maximum absolute atomic E-state index is 12.5. The van der Waals surface area contributed by atoms with Crippen LogP contribution in [0.3, 0.4) is 0 Å². The third kappa shape index (κ3) is 3.45. The quantitative estimate of drug-likeness (QED) is 0.730. The van der Waals surface area contributed by atoms with E-state index < -0.39 is 0 Å². The summed E-state index contributed by atoms with van der Waals surface area (Å²) in [4.78, 5) is 14.5. The number of piperidine rings is 1. The number of carbonyl (C=O) groups excluding carboxylic acids is 1. The summed E-state index contributed by atoms with van der Waals surface area (Å²) in [5.74, 6) is 0.612. The van der Waals surface area contributed by atoms with E-state index in [1.165, 1.54) is 25.7 Å². The number of nitriles is 1. The lowest BCUT2D eigenvalue weighted by Gasteiger charge is -2.37. The normalized spacial score (nSPS) is 24.5. The first-order chi connectivity index (χ1) is 9.21. The Morgan fingerprint density at radius 3 is 2.26 bits per heavy atom. The van der Waals surface area contributed by atoms with Gasteiger partial charge in [-0.2, -0.15) is 5.26 Å². The van der Waals surface area contributed by atoms with Crippen molar-refractivity contribution in [2.75, 3.05) is 19.3 Å². The molecule has 1 amide bonds. The molecule has 0 N–H and O–H groups in total. The third-order valence-corrected chi connectivity index (χ3v) is 5.96. The van der Waals surface area contributed by atoms with Crippen molar-refractivity contribution in [1.82, 2.24) is 4.90 Å². The number of rotatable bonds is 2. The molecule has 1 saturated carbocycles. The first-order valence-electron chi connectivity index (χ1n) is 7.46. The summed E-state index contributed by atoms with van der Waals surface area (Å²) in [6, 6.07) is 2.44. The van der Waals surface area contributed by atoms with Gasteiger partial charge in [-0.25, -0.2) is 0 Å². The molecule has 1 aliphatic heterocycles. The third-order valence-electron chi connectivity index (χ3n) is 4.68. The number of hydrogen-bond donors (Lipinski definition) is 0. The first-order valence-corrected chi connectivity index (χ1v) is 8.68. The van der Waals surface area contributed by atoms with Crippen LogP contribution >= 0.6 is 11.8 Å². The zero-order valence-electron chi connectivity index (χ0n) is 11.9. The SMILES string of the molecule is CSC1(C#N)CCN(C(=O)C2CCCCCC2)CC1. The van der Waals surface area contributed by atoms with Crippen molar-refractivity contribution in [1.29, 1.82) is 5.26 Å². The van der Waals surface area contributed by atoms with Crippen molar-refractivity contribution in [2.24, 2.45) is 5.92 Å². The Morgan fingerprint density at radius 2 is 1.79 bits per heavy atom. The van der Waals surface area contributed by atoms with E-state index in [0.717, 1.165) is 38.8 Å². The van der Waals surface area contributed by atoms with E-state index in [1.54, 1.807) is 11.8 Å². The van der Waals surface area contributed by atoms with Gasteiger partial charge in [0.05, 0.1) is 6.07 Å². The van der Waals surface area contributed by atoms with E-state index in [0.29, 0.717) is 5.91 Å². The molecule has 2 rings (SSSR count). The van der Waals surface area contributed by atoms with Crippen molar-refractivity contribution in [3.63, 3.8) is 0 Å². The smallest absolute Gasteiger partial charge is 0.225 e. The largest absolute Gasteiger partial charge is 0.342 e. The molecule has 1 aliphatic carbocycles.